The van der Waals surface area contributed by atoms with Crippen molar-refractivity contribution in [3.05, 3.63) is 35.1 Å². The zero-order valence-corrected chi connectivity index (χ0v) is 14.7. The van der Waals surface area contributed by atoms with Crippen LogP contribution in [-0.4, -0.2) is 40.1 Å². The molecule has 0 bridgehead atoms. The van der Waals surface area contributed by atoms with Crippen LogP contribution in [0.2, 0.25) is 5.02 Å². The molecule has 1 heterocycles. The first kappa shape index (κ1) is 17.8. The summed E-state index contributed by atoms with van der Waals surface area (Å²) in [6.07, 6.45) is 2.53. The molecule has 0 unspecified atom stereocenters. The fourth-order valence-electron chi connectivity index (χ4n) is 1.93. The van der Waals surface area contributed by atoms with E-state index in [9.17, 15) is 4.79 Å². The highest BCUT2D eigenvalue weighted by atomic mass is 35.5. The van der Waals surface area contributed by atoms with E-state index in [1.165, 1.54) is 11.8 Å². The van der Waals surface area contributed by atoms with Gasteiger partial charge in [-0.15, -0.1) is 10.2 Å². The average Bonchev–Trinajstić information content (AvgIpc) is 2.97. The van der Waals surface area contributed by atoms with Gasteiger partial charge in [0.2, 0.25) is 5.91 Å². The van der Waals surface area contributed by atoms with Crippen molar-refractivity contribution in [1.82, 2.24) is 14.8 Å². The highest BCUT2D eigenvalue weighted by Gasteiger charge is 2.10. The topological polar surface area (TPSA) is 69.0 Å². The summed E-state index contributed by atoms with van der Waals surface area (Å²) in [6.45, 7) is 3.36. The predicted molar refractivity (Wildman–Crippen MR) is 92.1 cm³/mol. The van der Waals surface area contributed by atoms with Crippen LogP contribution in [-0.2, 0) is 16.1 Å². The Kier molecular flexibility index (Phi) is 6.88. The third kappa shape index (κ3) is 5.53. The van der Waals surface area contributed by atoms with Crippen LogP contribution < -0.4 is 5.32 Å². The van der Waals surface area contributed by atoms with Crippen LogP contribution in [0, 0.1) is 6.92 Å². The van der Waals surface area contributed by atoms with E-state index in [0.717, 1.165) is 29.4 Å². The van der Waals surface area contributed by atoms with Crippen LogP contribution in [0.15, 0.2) is 29.7 Å². The zero-order valence-electron chi connectivity index (χ0n) is 13.1. The molecule has 0 fully saturated rings. The van der Waals surface area contributed by atoms with Crippen LogP contribution in [0.3, 0.4) is 0 Å². The number of nitrogens with zero attached hydrogens (tertiary/aromatic N) is 3. The van der Waals surface area contributed by atoms with Crippen molar-refractivity contribution in [2.24, 2.45) is 0 Å². The van der Waals surface area contributed by atoms with Crippen molar-refractivity contribution in [3.8, 4) is 0 Å². The molecule has 0 atom stereocenters. The molecule has 0 saturated heterocycles. The largest absolute Gasteiger partial charge is 0.385 e. The van der Waals surface area contributed by atoms with Crippen LogP contribution in [0.25, 0.3) is 0 Å². The summed E-state index contributed by atoms with van der Waals surface area (Å²) < 4.78 is 6.95. The van der Waals surface area contributed by atoms with Crippen molar-refractivity contribution < 1.29 is 9.53 Å². The maximum absolute atomic E-state index is 12.1. The standard InChI is InChI=1S/C15H19ClN4O2S/c1-11-4-5-12(16)8-13(11)18-14(21)9-23-15-19-17-10-20(15)6-3-7-22-2/h4-5,8,10H,3,6-7,9H2,1-2H3,(H,18,21). The monoisotopic (exact) mass is 354 g/mol. The van der Waals surface area contributed by atoms with Crippen LogP contribution in [0.1, 0.15) is 12.0 Å². The second kappa shape index (κ2) is 8.90. The molecule has 1 aromatic heterocycles. The highest BCUT2D eigenvalue weighted by molar-refractivity contribution is 7.99. The molecule has 0 aliphatic rings. The number of methoxy groups -OCH3 is 1. The number of anilines is 1. The van der Waals surface area contributed by atoms with Crippen molar-refractivity contribution >= 4 is 35.0 Å². The summed E-state index contributed by atoms with van der Waals surface area (Å²) in [5.41, 5.74) is 1.69. The molecule has 6 nitrogen and oxygen atoms in total. The summed E-state index contributed by atoms with van der Waals surface area (Å²) in [6, 6.07) is 5.41. The number of ether oxygens (including phenoxy) is 1. The molecule has 8 heteroatoms. The van der Waals surface area contributed by atoms with E-state index in [4.69, 9.17) is 16.3 Å². The van der Waals surface area contributed by atoms with E-state index in [1.54, 1.807) is 25.6 Å². The number of rotatable bonds is 8. The smallest absolute Gasteiger partial charge is 0.234 e. The Hall–Kier alpha value is -1.57. The lowest BCUT2D eigenvalue weighted by atomic mass is 10.2. The zero-order chi connectivity index (χ0) is 16.7. The molecule has 0 aliphatic heterocycles. The lowest BCUT2D eigenvalue weighted by Gasteiger charge is -2.09. The van der Waals surface area contributed by atoms with Crippen molar-refractivity contribution in [2.75, 3.05) is 24.8 Å². The predicted octanol–water partition coefficient (Wildman–Crippen LogP) is 3.01. The summed E-state index contributed by atoms with van der Waals surface area (Å²) in [5.74, 6) is 0.154. The molecule has 0 saturated carbocycles. The van der Waals surface area contributed by atoms with Crippen LogP contribution >= 0.6 is 23.4 Å². The molecule has 0 spiro atoms. The maximum Gasteiger partial charge on any atom is 0.234 e. The molecule has 1 amide bonds. The molecule has 1 aromatic carbocycles. The number of hydrogen-bond acceptors (Lipinski definition) is 5. The van der Waals surface area contributed by atoms with Crippen LogP contribution in [0.4, 0.5) is 5.69 Å². The Morgan fingerprint density at radius 2 is 2.30 bits per heavy atom. The van der Waals surface area contributed by atoms with E-state index in [-0.39, 0.29) is 11.7 Å². The molecule has 0 aliphatic carbocycles. The van der Waals surface area contributed by atoms with E-state index < -0.39 is 0 Å². The van der Waals surface area contributed by atoms with Gasteiger partial charge in [-0.25, -0.2) is 0 Å². The average molecular weight is 355 g/mol. The molecule has 23 heavy (non-hydrogen) atoms. The third-order valence-electron chi connectivity index (χ3n) is 3.13. The van der Waals surface area contributed by atoms with E-state index in [2.05, 4.69) is 15.5 Å². The quantitative estimate of drug-likeness (QED) is 0.583. The lowest BCUT2D eigenvalue weighted by Crippen LogP contribution is -2.15. The van der Waals surface area contributed by atoms with Crippen molar-refractivity contribution in [1.29, 1.82) is 0 Å². The Balaban J connectivity index is 1.87. The molecular formula is C15H19ClN4O2S. The minimum Gasteiger partial charge on any atom is -0.385 e. The third-order valence-corrected chi connectivity index (χ3v) is 4.35. The van der Waals surface area contributed by atoms with Gasteiger partial charge in [-0.05, 0) is 31.0 Å². The molecule has 0 radical (unpaired) electrons. The lowest BCUT2D eigenvalue weighted by molar-refractivity contribution is -0.113. The summed E-state index contributed by atoms with van der Waals surface area (Å²) >= 11 is 7.30. The van der Waals surface area contributed by atoms with Gasteiger partial charge in [0.05, 0.1) is 5.75 Å². The van der Waals surface area contributed by atoms with Gasteiger partial charge in [0.25, 0.3) is 0 Å². The van der Waals surface area contributed by atoms with Gasteiger partial charge in [-0.1, -0.05) is 29.4 Å². The first-order valence-electron chi connectivity index (χ1n) is 7.15. The number of carbonyl (C=O) groups is 1. The number of amides is 1. The van der Waals surface area contributed by atoms with Gasteiger partial charge in [0.15, 0.2) is 5.16 Å². The normalized spacial score (nSPS) is 10.7. The van der Waals surface area contributed by atoms with Gasteiger partial charge in [0.1, 0.15) is 6.33 Å². The first-order chi connectivity index (χ1) is 11.1. The fraction of sp³-hybridized carbons (Fsp3) is 0.400. The molecule has 124 valence electrons. The second-order valence-corrected chi connectivity index (χ2v) is 6.33. The van der Waals surface area contributed by atoms with Gasteiger partial charge < -0.3 is 14.6 Å². The summed E-state index contributed by atoms with van der Waals surface area (Å²) in [4.78, 5) is 12.1. The molecule has 2 aromatic rings. The Morgan fingerprint density at radius 3 is 3.09 bits per heavy atom. The number of hydrogen-bond donors (Lipinski definition) is 1. The highest BCUT2D eigenvalue weighted by Crippen LogP contribution is 2.21. The van der Waals surface area contributed by atoms with Gasteiger partial charge >= 0.3 is 0 Å². The minimum atomic E-state index is -0.105. The number of benzene rings is 1. The molecule has 1 N–H and O–H groups in total. The Bertz CT molecular complexity index is 663. The number of aryl methyl sites for hydroxylation is 2. The SMILES string of the molecule is COCCCn1cnnc1SCC(=O)Nc1cc(Cl)ccc1C. The first-order valence-corrected chi connectivity index (χ1v) is 8.52. The molecular weight excluding hydrogens is 336 g/mol. The van der Waals surface area contributed by atoms with Gasteiger partial charge in [-0.2, -0.15) is 0 Å². The number of thioether (sulfide) groups is 1. The number of nitrogens with one attached hydrogen (secondary N) is 1. The van der Waals surface area contributed by atoms with E-state index in [0.29, 0.717) is 11.6 Å². The Labute approximate surface area is 144 Å². The maximum atomic E-state index is 12.1. The fourth-order valence-corrected chi connectivity index (χ4v) is 2.85. The summed E-state index contributed by atoms with van der Waals surface area (Å²) in [5, 5.41) is 12.1. The van der Waals surface area contributed by atoms with Crippen molar-refractivity contribution in [3.63, 3.8) is 0 Å². The minimum absolute atomic E-state index is 0.105. The van der Waals surface area contributed by atoms with Gasteiger partial charge in [-0.3, -0.25) is 4.79 Å². The van der Waals surface area contributed by atoms with Gasteiger partial charge in [0, 0.05) is 31.0 Å². The number of halogens is 1. The van der Waals surface area contributed by atoms with Crippen molar-refractivity contribution in [2.45, 2.75) is 25.0 Å². The second-order valence-electron chi connectivity index (χ2n) is 4.95. The van der Waals surface area contributed by atoms with E-state index in [1.807, 2.05) is 17.6 Å². The van der Waals surface area contributed by atoms with Crippen LogP contribution in [0.5, 0.6) is 0 Å². The Morgan fingerprint density at radius 1 is 1.48 bits per heavy atom. The number of carbonyl (C=O) groups excluding carboxylic acids is 1. The summed E-state index contributed by atoms with van der Waals surface area (Å²) in [7, 11) is 1.67. The van der Waals surface area contributed by atoms with E-state index >= 15 is 0 Å². The molecule has 2 rings (SSSR count). The number of aromatic nitrogens is 3.